The van der Waals surface area contributed by atoms with Crippen LogP contribution in [0, 0.1) is 10.1 Å². The van der Waals surface area contributed by atoms with Gasteiger partial charge in [-0.1, -0.05) is 0 Å². The lowest BCUT2D eigenvalue weighted by atomic mass is 10.2. The number of nitrogens with zero attached hydrogens (tertiary/aromatic N) is 2. The van der Waals surface area contributed by atoms with Gasteiger partial charge in [0, 0.05) is 31.8 Å². The molecule has 6 nitrogen and oxygen atoms in total. The van der Waals surface area contributed by atoms with Crippen molar-refractivity contribution in [3.05, 3.63) is 46.0 Å². The van der Waals surface area contributed by atoms with E-state index in [2.05, 4.69) is 0 Å². The summed E-state index contributed by atoms with van der Waals surface area (Å²) in [5, 5.41) is 19.7. The van der Waals surface area contributed by atoms with Crippen LogP contribution < -0.4 is 0 Å². The zero-order chi connectivity index (χ0) is 15.1. The highest BCUT2D eigenvalue weighted by molar-refractivity contribution is 5.91. The topological polar surface area (TPSA) is 83.7 Å². The number of rotatable bonds is 6. The van der Waals surface area contributed by atoms with E-state index >= 15 is 0 Å². The first-order valence-corrected chi connectivity index (χ1v) is 6.26. The Bertz CT molecular complexity index is 494. The van der Waals surface area contributed by atoms with E-state index in [1.54, 1.807) is 32.2 Å². The van der Waals surface area contributed by atoms with Crippen LogP contribution in [0.4, 0.5) is 5.69 Å². The van der Waals surface area contributed by atoms with Gasteiger partial charge in [-0.25, -0.2) is 0 Å². The number of benzene rings is 1. The van der Waals surface area contributed by atoms with Crippen molar-refractivity contribution in [2.24, 2.45) is 0 Å². The van der Waals surface area contributed by atoms with E-state index in [-0.39, 0.29) is 11.6 Å². The summed E-state index contributed by atoms with van der Waals surface area (Å²) in [7, 11) is 1.66. The molecule has 0 saturated carbocycles. The van der Waals surface area contributed by atoms with E-state index in [1.807, 2.05) is 0 Å². The number of aliphatic hydroxyl groups excluding tert-OH is 1. The van der Waals surface area contributed by atoms with Crippen LogP contribution >= 0.6 is 0 Å². The molecule has 1 amide bonds. The zero-order valence-electron chi connectivity index (χ0n) is 11.5. The summed E-state index contributed by atoms with van der Waals surface area (Å²) in [6, 6.07) is 5.94. The van der Waals surface area contributed by atoms with Crippen molar-refractivity contribution >= 4 is 17.7 Å². The van der Waals surface area contributed by atoms with Crippen LogP contribution in [0.5, 0.6) is 0 Å². The second-order valence-electron chi connectivity index (χ2n) is 4.58. The molecule has 1 unspecified atom stereocenters. The van der Waals surface area contributed by atoms with Crippen LogP contribution in [0.1, 0.15) is 18.9 Å². The average molecular weight is 278 g/mol. The summed E-state index contributed by atoms with van der Waals surface area (Å²) in [5.74, 6) is -0.177. The summed E-state index contributed by atoms with van der Waals surface area (Å²) < 4.78 is 0. The van der Waals surface area contributed by atoms with E-state index < -0.39 is 11.0 Å². The number of nitro benzene ring substituents is 1. The van der Waals surface area contributed by atoms with Crippen LogP contribution in [-0.4, -0.2) is 40.5 Å². The first-order chi connectivity index (χ1) is 9.40. The monoisotopic (exact) mass is 278 g/mol. The number of carbonyl (C=O) groups is 1. The minimum absolute atomic E-state index is 0.0162. The molecule has 1 aromatic carbocycles. The molecule has 0 aliphatic heterocycles. The van der Waals surface area contributed by atoms with Gasteiger partial charge in [0.25, 0.3) is 5.69 Å². The number of non-ortho nitro benzene ring substituents is 1. The molecule has 0 fully saturated rings. The largest absolute Gasteiger partial charge is 0.393 e. The molecule has 20 heavy (non-hydrogen) atoms. The summed E-state index contributed by atoms with van der Waals surface area (Å²) in [5.41, 5.74) is 0.732. The minimum Gasteiger partial charge on any atom is -0.393 e. The predicted octanol–water partition coefficient (Wildman–Crippen LogP) is 1.84. The van der Waals surface area contributed by atoms with Crippen molar-refractivity contribution in [3.63, 3.8) is 0 Å². The number of hydrogen-bond donors (Lipinski definition) is 1. The lowest BCUT2D eigenvalue weighted by Gasteiger charge is -2.15. The number of amides is 1. The molecular weight excluding hydrogens is 260 g/mol. The zero-order valence-corrected chi connectivity index (χ0v) is 11.5. The Morgan fingerprint density at radius 1 is 1.45 bits per heavy atom. The molecule has 0 heterocycles. The Kier molecular flexibility index (Phi) is 5.86. The van der Waals surface area contributed by atoms with Gasteiger partial charge in [0.1, 0.15) is 0 Å². The molecule has 108 valence electrons. The number of hydrogen-bond acceptors (Lipinski definition) is 4. The highest BCUT2D eigenvalue weighted by Crippen LogP contribution is 2.12. The Morgan fingerprint density at radius 3 is 2.55 bits per heavy atom. The first-order valence-electron chi connectivity index (χ1n) is 6.26. The fourth-order valence-electron chi connectivity index (χ4n) is 1.49. The van der Waals surface area contributed by atoms with Gasteiger partial charge >= 0.3 is 0 Å². The van der Waals surface area contributed by atoms with Crippen molar-refractivity contribution in [2.45, 2.75) is 19.4 Å². The Hall–Kier alpha value is -2.21. The number of likely N-dealkylation sites (N-methyl/N-ethyl adjacent to an activating group) is 1. The standard InChI is InChI=1S/C14H18N2O4/c1-11(17)9-10-15(2)14(18)8-5-12-3-6-13(7-4-12)16(19)20/h3-8,11,17H,9-10H2,1-2H3/b8-5+. The van der Waals surface area contributed by atoms with Crippen LogP contribution in [-0.2, 0) is 4.79 Å². The smallest absolute Gasteiger partial charge is 0.269 e. The Balaban J connectivity index is 2.58. The molecular formula is C14H18N2O4. The molecule has 0 bridgehead atoms. The van der Waals surface area contributed by atoms with Gasteiger partial charge in [-0.15, -0.1) is 0 Å². The maximum Gasteiger partial charge on any atom is 0.269 e. The van der Waals surface area contributed by atoms with Crippen LogP contribution in [0.25, 0.3) is 6.08 Å². The number of nitro groups is 1. The van der Waals surface area contributed by atoms with Crippen LogP contribution in [0.15, 0.2) is 30.3 Å². The fourth-order valence-corrected chi connectivity index (χ4v) is 1.49. The van der Waals surface area contributed by atoms with Crippen molar-refractivity contribution in [1.29, 1.82) is 0 Å². The van der Waals surface area contributed by atoms with E-state index in [0.717, 1.165) is 0 Å². The Morgan fingerprint density at radius 2 is 2.05 bits per heavy atom. The molecule has 1 atom stereocenters. The molecule has 1 N–H and O–H groups in total. The van der Waals surface area contributed by atoms with Crippen molar-refractivity contribution in [2.75, 3.05) is 13.6 Å². The van der Waals surface area contributed by atoms with Gasteiger partial charge in [0.2, 0.25) is 5.91 Å². The summed E-state index contributed by atoms with van der Waals surface area (Å²) in [6.07, 6.45) is 3.09. The van der Waals surface area contributed by atoms with E-state index in [4.69, 9.17) is 5.11 Å². The van der Waals surface area contributed by atoms with Crippen LogP contribution in [0.3, 0.4) is 0 Å². The molecule has 0 radical (unpaired) electrons. The van der Waals surface area contributed by atoms with Gasteiger partial charge in [-0.05, 0) is 37.1 Å². The van der Waals surface area contributed by atoms with Gasteiger partial charge < -0.3 is 10.0 Å². The summed E-state index contributed by atoms with van der Waals surface area (Å²) >= 11 is 0. The van der Waals surface area contributed by atoms with Crippen molar-refractivity contribution in [1.82, 2.24) is 4.90 Å². The molecule has 0 spiro atoms. The highest BCUT2D eigenvalue weighted by atomic mass is 16.6. The van der Waals surface area contributed by atoms with Crippen molar-refractivity contribution in [3.8, 4) is 0 Å². The molecule has 0 aliphatic rings. The molecule has 0 saturated heterocycles. The van der Waals surface area contributed by atoms with Crippen LogP contribution in [0.2, 0.25) is 0 Å². The molecule has 0 aromatic heterocycles. The minimum atomic E-state index is -0.470. The maximum absolute atomic E-state index is 11.8. The van der Waals surface area contributed by atoms with Gasteiger partial charge in [-0.3, -0.25) is 14.9 Å². The maximum atomic E-state index is 11.8. The van der Waals surface area contributed by atoms with Crippen molar-refractivity contribution < 1.29 is 14.8 Å². The average Bonchev–Trinajstić information content (AvgIpc) is 2.42. The third-order valence-corrected chi connectivity index (χ3v) is 2.78. The molecule has 6 heteroatoms. The third-order valence-electron chi connectivity index (χ3n) is 2.78. The Labute approximate surface area is 117 Å². The van der Waals surface area contributed by atoms with Gasteiger partial charge in [-0.2, -0.15) is 0 Å². The molecule has 0 aliphatic carbocycles. The lowest BCUT2D eigenvalue weighted by molar-refractivity contribution is -0.384. The summed E-state index contributed by atoms with van der Waals surface area (Å²) in [4.78, 5) is 23.3. The summed E-state index contributed by atoms with van der Waals surface area (Å²) in [6.45, 7) is 2.14. The predicted molar refractivity (Wildman–Crippen MR) is 76.1 cm³/mol. The van der Waals surface area contributed by atoms with Gasteiger partial charge in [0.05, 0.1) is 11.0 Å². The highest BCUT2D eigenvalue weighted by Gasteiger charge is 2.06. The normalized spacial score (nSPS) is 12.3. The lowest BCUT2D eigenvalue weighted by Crippen LogP contribution is -2.27. The number of aliphatic hydroxyl groups is 1. The molecule has 1 rings (SSSR count). The quantitative estimate of drug-likeness (QED) is 0.489. The van der Waals surface area contributed by atoms with E-state index in [9.17, 15) is 14.9 Å². The second-order valence-corrected chi connectivity index (χ2v) is 4.58. The number of carbonyl (C=O) groups excluding carboxylic acids is 1. The fraction of sp³-hybridized carbons (Fsp3) is 0.357. The van der Waals surface area contributed by atoms with E-state index in [1.165, 1.54) is 23.1 Å². The second kappa shape index (κ2) is 7.40. The SMILES string of the molecule is CC(O)CCN(C)C(=O)/C=C/c1ccc([N+](=O)[O-])cc1. The molecule has 1 aromatic rings. The van der Waals surface area contributed by atoms with E-state index in [0.29, 0.717) is 18.5 Å². The third kappa shape index (κ3) is 5.19. The first kappa shape index (κ1) is 15.8. The van der Waals surface area contributed by atoms with Gasteiger partial charge in [0.15, 0.2) is 0 Å².